The van der Waals surface area contributed by atoms with Gasteiger partial charge in [-0.15, -0.1) is 0 Å². The van der Waals surface area contributed by atoms with Gasteiger partial charge in [0.25, 0.3) is 21.8 Å². The number of aromatic nitrogens is 1. The van der Waals surface area contributed by atoms with Crippen LogP contribution in [0.25, 0.3) is 10.9 Å². The van der Waals surface area contributed by atoms with E-state index >= 15 is 0 Å². The van der Waals surface area contributed by atoms with E-state index in [0.29, 0.717) is 16.3 Å². The highest BCUT2D eigenvalue weighted by Gasteiger charge is 2.16. The normalized spacial score (nSPS) is 11.2. The molecule has 4 aromatic rings. The third-order valence-corrected chi connectivity index (χ3v) is 6.30. The fraction of sp³-hybridized carbons (Fsp3) is 0. The van der Waals surface area contributed by atoms with Gasteiger partial charge in [0, 0.05) is 33.4 Å². The van der Waals surface area contributed by atoms with E-state index in [1.54, 1.807) is 24.4 Å². The molecule has 0 atom stereocenters. The number of nitrogens with one attached hydrogen (secondary N) is 4. The summed E-state index contributed by atoms with van der Waals surface area (Å²) >= 11 is 5.80. The number of carbonyl (C=O) groups excluding carboxylic acids is 2. The summed E-state index contributed by atoms with van der Waals surface area (Å²) in [5.41, 5.74) is 6.40. The monoisotopic (exact) mass is 468 g/mol. The first kappa shape index (κ1) is 21.4. The SMILES string of the molecule is O=C(NNC(=O)c1c[nH]c2ccccc12)c1ccc(S(=O)(=O)Nc2ccc(Cl)cc2)cc1. The lowest BCUT2D eigenvalue weighted by Gasteiger charge is -2.10. The van der Waals surface area contributed by atoms with E-state index in [9.17, 15) is 18.0 Å². The molecule has 0 aliphatic carbocycles. The summed E-state index contributed by atoms with van der Waals surface area (Å²) in [6.45, 7) is 0. The van der Waals surface area contributed by atoms with Crippen molar-refractivity contribution in [1.82, 2.24) is 15.8 Å². The van der Waals surface area contributed by atoms with Gasteiger partial charge in [-0.3, -0.25) is 25.2 Å². The van der Waals surface area contributed by atoms with Gasteiger partial charge < -0.3 is 4.98 Å². The molecular formula is C22H17ClN4O4S. The van der Waals surface area contributed by atoms with E-state index in [0.717, 1.165) is 10.9 Å². The van der Waals surface area contributed by atoms with Gasteiger partial charge in [-0.1, -0.05) is 29.8 Å². The average Bonchev–Trinajstić information content (AvgIpc) is 3.23. The summed E-state index contributed by atoms with van der Waals surface area (Å²) in [4.78, 5) is 27.7. The van der Waals surface area contributed by atoms with Crippen LogP contribution in [0.1, 0.15) is 20.7 Å². The minimum atomic E-state index is -3.84. The number of rotatable bonds is 5. The zero-order chi connectivity index (χ0) is 22.7. The number of benzene rings is 3. The lowest BCUT2D eigenvalue weighted by molar-refractivity contribution is 0.0847. The number of hydrazine groups is 1. The Labute approximate surface area is 188 Å². The van der Waals surface area contributed by atoms with Crippen molar-refractivity contribution in [2.45, 2.75) is 4.90 Å². The molecule has 0 unspecified atom stereocenters. The summed E-state index contributed by atoms with van der Waals surface area (Å²) in [5.74, 6) is -1.07. The molecule has 3 aromatic carbocycles. The van der Waals surface area contributed by atoms with Crippen molar-refractivity contribution in [3.05, 3.63) is 95.1 Å². The van der Waals surface area contributed by atoms with Crippen LogP contribution in [0.5, 0.6) is 0 Å². The van der Waals surface area contributed by atoms with Gasteiger partial charge in [-0.05, 0) is 54.6 Å². The highest BCUT2D eigenvalue weighted by molar-refractivity contribution is 7.92. The molecule has 4 rings (SSSR count). The predicted molar refractivity (Wildman–Crippen MR) is 122 cm³/mol. The summed E-state index contributed by atoms with van der Waals surface area (Å²) in [6, 6.07) is 18.8. The van der Waals surface area contributed by atoms with Crippen LogP contribution in [0.4, 0.5) is 5.69 Å². The van der Waals surface area contributed by atoms with Crippen LogP contribution >= 0.6 is 11.6 Å². The molecule has 0 spiro atoms. The van der Waals surface area contributed by atoms with Gasteiger partial charge >= 0.3 is 0 Å². The number of carbonyl (C=O) groups is 2. The molecule has 1 heterocycles. The van der Waals surface area contributed by atoms with Gasteiger partial charge in [0.1, 0.15) is 0 Å². The number of para-hydroxylation sites is 1. The maximum atomic E-state index is 12.5. The number of amides is 2. The molecule has 0 bridgehead atoms. The van der Waals surface area contributed by atoms with Gasteiger partial charge in [0.05, 0.1) is 10.5 Å². The molecule has 0 radical (unpaired) electrons. The largest absolute Gasteiger partial charge is 0.360 e. The quantitative estimate of drug-likeness (QED) is 0.334. The Bertz CT molecular complexity index is 1400. The number of aromatic amines is 1. The maximum Gasteiger partial charge on any atom is 0.271 e. The first-order valence-electron chi connectivity index (χ1n) is 9.39. The number of H-pyrrole nitrogens is 1. The van der Waals surface area contributed by atoms with E-state index in [4.69, 9.17) is 11.6 Å². The van der Waals surface area contributed by atoms with Gasteiger partial charge in [0.15, 0.2) is 0 Å². The molecular weight excluding hydrogens is 452 g/mol. The molecule has 0 saturated heterocycles. The predicted octanol–water partition coefficient (Wildman–Crippen LogP) is 3.70. The lowest BCUT2D eigenvalue weighted by atomic mass is 10.2. The van der Waals surface area contributed by atoms with Crippen molar-refractivity contribution in [2.24, 2.45) is 0 Å². The molecule has 1 aromatic heterocycles. The minimum absolute atomic E-state index is 0.0215. The van der Waals surface area contributed by atoms with Crippen molar-refractivity contribution in [2.75, 3.05) is 4.72 Å². The summed E-state index contributed by atoms with van der Waals surface area (Å²) in [7, 11) is -3.84. The van der Waals surface area contributed by atoms with E-state index in [2.05, 4.69) is 20.6 Å². The van der Waals surface area contributed by atoms with Crippen LogP contribution in [-0.2, 0) is 10.0 Å². The van der Waals surface area contributed by atoms with Gasteiger partial charge in [0.2, 0.25) is 0 Å². The molecule has 0 aliphatic rings. The third kappa shape index (κ3) is 4.58. The Morgan fingerprint density at radius 2 is 1.47 bits per heavy atom. The van der Waals surface area contributed by atoms with E-state index < -0.39 is 21.8 Å². The Hall–Kier alpha value is -3.82. The lowest BCUT2D eigenvalue weighted by Crippen LogP contribution is -2.41. The first-order valence-corrected chi connectivity index (χ1v) is 11.2. The fourth-order valence-corrected chi connectivity index (χ4v) is 4.21. The van der Waals surface area contributed by atoms with E-state index in [-0.39, 0.29) is 10.5 Å². The number of anilines is 1. The zero-order valence-corrected chi connectivity index (χ0v) is 18.0. The van der Waals surface area contributed by atoms with Crippen LogP contribution in [0.3, 0.4) is 0 Å². The number of hydrogen-bond acceptors (Lipinski definition) is 4. The second-order valence-corrected chi connectivity index (χ2v) is 8.91. The third-order valence-electron chi connectivity index (χ3n) is 4.65. The molecule has 32 heavy (non-hydrogen) atoms. The molecule has 2 amide bonds. The molecule has 162 valence electrons. The Morgan fingerprint density at radius 1 is 0.812 bits per heavy atom. The van der Waals surface area contributed by atoms with E-state index in [1.807, 2.05) is 18.2 Å². The fourth-order valence-electron chi connectivity index (χ4n) is 3.03. The highest BCUT2D eigenvalue weighted by Crippen LogP contribution is 2.19. The topological polar surface area (TPSA) is 120 Å². The van der Waals surface area contributed by atoms with Crippen LogP contribution in [0.2, 0.25) is 5.02 Å². The van der Waals surface area contributed by atoms with Crippen molar-refractivity contribution in [3.8, 4) is 0 Å². The van der Waals surface area contributed by atoms with Gasteiger partial charge in [-0.25, -0.2) is 8.42 Å². The molecule has 0 aliphatic heterocycles. The standard InChI is InChI=1S/C22H17ClN4O4S/c23-15-7-9-16(10-8-15)27-32(30,31)17-11-5-14(6-12-17)21(28)25-26-22(29)19-13-24-20-4-2-1-3-18(19)20/h1-13,24,27H,(H,25,28)(H,26,29). The first-order chi connectivity index (χ1) is 15.3. The number of hydrogen-bond donors (Lipinski definition) is 4. The number of sulfonamides is 1. The zero-order valence-electron chi connectivity index (χ0n) is 16.4. The minimum Gasteiger partial charge on any atom is -0.360 e. The average molecular weight is 469 g/mol. The summed E-state index contributed by atoms with van der Waals surface area (Å²) in [5, 5.41) is 1.21. The van der Waals surface area contributed by atoms with Crippen LogP contribution in [0.15, 0.2) is 83.9 Å². The van der Waals surface area contributed by atoms with Crippen molar-refractivity contribution >= 4 is 50.0 Å². The van der Waals surface area contributed by atoms with Crippen LogP contribution < -0.4 is 15.6 Å². The smallest absolute Gasteiger partial charge is 0.271 e. The van der Waals surface area contributed by atoms with Crippen molar-refractivity contribution < 1.29 is 18.0 Å². The van der Waals surface area contributed by atoms with Crippen molar-refractivity contribution in [1.29, 1.82) is 0 Å². The van der Waals surface area contributed by atoms with Crippen molar-refractivity contribution in [3.63, 3.8) is 0 Å². The Morgan fingerprint density at radius 3 is 2.19 bits per heavy atom. The molecule has 0 fully saturated rings. The summed E-state index contributed by atoms with van der Waals surface area (Å²) in [6.07, 6.45) is 1.56. The molecule has 10 heteroatoms. The Balaban J connectivity index is 1.40. The molecule has 4 N–H and O–H groups in total. The second-order valence-electron chi connectivity index (χ2n) is 6.79. The van der Waals surface area contributed by atoms with Gasteiger partial charge in [-0.2, -0.15) is 0 Å². The highest BCUT2D eigenvalue weighted by atomic mass is 35.5. The van der Waals surface area contributed by atoms with Crippen LogP contribution in [0, 0.1) is 0 Å². The molecule has 0 saturated carbocycles. The van der Waals surface area contributed by atoms with E-state index in [1.165, 1.54) is 36.4 Å². The number of halogens is 1. The number of fused-ring (bicyclic) bond motifs is 1. The Kier molecular flexibility index (Phi) is 5.85. The van der Waals surface area contributed by atoms with Crippen LogP contribution in [-0.4, -0.2) is 25.2 Å². The summed E-state index contributed by atoms with van der Waals surface area (Å²) < 4.78 is 27.5. The molecule has 8 nitrogen and oxygen atoms in total. The maximum absolute atomic E-state index is 12.5. The second kappa shape index (κ2) is 8.74.